The van der Waals surface area contributed by atoms with Crippen molar-refractivity contribution in [2.75, 3.05) is 49.1 Å². The number of anilines is 2. The second-order valence-corrected chi connectivity index (χ2v) is 7.19. The number of aliphatic hydroxyl groups excluding tert-OH is 1. The average Bonchev–Trinajstić information content (AvgIpc) is 3.35. The van der Waals surface area contributed by atoms with Crippen molar-refractivity contribution in [2.45, 2.75) is 12.6 Å². The number of carbonyl (C=O) groups excluding carboxylic acids is 1. The van der Waals surface area contributed by atoms with Crippen molar-refractivity contribution in [1.82, 2.24) is 4.90 Å². The van der Waals surface area contributed by atoms with Gasteiger partial charge in [0.25, 0.3) is 0 Å². The normalized spacial score (nSPS) is 19.9. The summed E-state index contributed by atoms with van der Waals surface area (Å²) in [6.45, 7) is 2.80. The van der Waals surface area contributed by atoms with Crippen LogP contribution in [0.1, 0.15) is 5.76 Å². The maximum atomic E-state index is 14.8. The number of ether oxygens (including phenoxy) is 1. The molecule has 3 heterocycles. The Morgan fingerprint density at radius 2 is 1.97 bits per heavy atom. The summed E-state index contributed by atoms with van der Waals surface area (Å²) in [5.74, 6) is -0.204. The Morgan fingerprint density at radius 1 is 1.20 bits per heavy atom. The molecule has 2 aliphatic rings. The molecule has 1 aromatic heterocycles. The van der Waals surface area contributed by atoms with Crippen LogP contribution in [0.3, 0.4) is 0 Å². The van der Waals surface area contributed by atoms with Gasteiger partial charge in [0.2, 0.25) is 0 Å². The molecule has 0 radical (unpaired) electrons. The van der Waals surface area contributed by atoms with Crippen molar-refractivity contribution in [3.05, 3.63) is 52.0 Å². The Morgan fingerprint density at radius 3 is 2.57 bits per heavy atom. The number of aliphatic hydroxyl groups is 1. The first-order valence-electron chi connectivity index (χ1n) is 9.53. The number of furan rings is 1. The molecule has 10 nitrogen and oxygen atoms in total. The van der Waals surface area contributed by atoms with E-state index in [1.807, 2.05) is 4.90 Å². The van der Waals surface area contributed by atoms with Crippen molar-refractivity contribution >= 4 is 23.4 Å². The van der Waals surface area contributed by atoms with E-state index in [2.05, 4.69) is 4.90 Å². The maximum Gasteiger partial charge on any atom is 0.433 e. The number of hydrogen-bond acceptors (Lipinski definition) is 8. The van der Waals surface area contributed by atoms with Gasteiger partial charge in [-0.1, -0.05) is 0 Å². The van der Waals surface area contributed by atoms with Crippen LogP contribution < -0.4 is 9.80 Å². The van der Waals surface area contributed by atoms with Crippen molar-refractivity contribution in [2.24, 2.45) is 0 Å². The highest BCUT2D eigenvalue weighted by Gasteiger charge is 2.32. The smallest absolute Gasteiger partial charge is 0.433 e. The van der Waals surface area contributed by atoms with Gasteiger partial charge in [-0.2, -0.15) is 0 Å². The molecule has 2 fully saturated rings. The highest BCUT2D eigenvalue weighted by atomic mass is 19.1. The number of nitrogens with zero attached hydrogens (tertiary/aromatic N) is 4. The number of benzene rings is 1. The Kier molecular flexibility index (Phi) is 5.55. The number of piperazine rings is 1. The maximum absolute atomic E-state index is 14.8. The van der Waals surface area contributed by atoms with E-state index in [9.17, 15) is 19.3 Å². The molecular formula is C19H21FN4O6. The van der Waals surface area contributed by atoms with E-state index in [-0.39, 0.29) is 19.0 Å². The molecule has 1 atom stereocenters. The van der Waals surface area contributed by atoms with Gasteiger partial charge in [-0.25, -0.2) is 9.18 Å². The van der Waals surface area contributed by atoms with Gasteiger partial charge in [0.1, 0.15) is 22.6 Å². The van der Waals surface area contributed by atoms with E-state index in [0.717, 1.165) is 0 Å². The number of hydrogen-bond donors (Lipinski definition) is 1. The summed E-state index contributed by atoms with van der Waals surface area (Å²) in [5.41, 5.74) is 0.827. The number of nitro groups is 1. The van der Waals surface area contributed by atoms with E-state index in [0.29, 0.717) is 49.9 Å². The van der Waals surface area contributed by atoms with Gasteiger partial charge in [-0.15, -0.1) is 0 Å². The lowest BCUT2D eigenvalue weighted by Crippen LogP contribution is -2.46. The monoisotopic (exact) mass is 420 g/mol. The highest BCUT2D eigenvalue weighted by Crippen LogP contribution is 2.29. The third kappa shape index (κ3) is 4.07. The Bertz CT molecular complexity index is 943. The van der Waals surface area contributed by atoms with E-state index in [1.165, 1.54) is 17.0 Å². The van der Waals surface area contributed by atoms with Crippen molar-refractivity contribution in [1.29, 1.82) is 0 Å². The largest absolute Gasteiger partial charge is 0.441 e. The first-order chi connectivity index (χ1) is 14.4. The first-order valence-corrected chi connectivity index (χ1v) is 9.53. The standard InChI is InChI=1S/C19H21FN4O6/c20-16-9-13(23-11-15(12-25)30-19(23)26)1-3-17(16)22-7-5-21(6-8-22)10-14-2-4-18(29-14)24(27)28/h1-4,9,15,25H,5-8,10-12H2/t15-/m1/s1. The zero-order chi connectivity index (χ0) is 21.3. The lowest BCUT2D eigenvalue weighted by Gasteiger charge is -2.36. The van der Waals surface area contributed by atoms with E-state index < -0.39 is 22.9 Å². The van der Waals surface area contributed by atoms with E-state index in [4.69, 9.17) is 14.3 Å². The molecule has 0 bridgehead atoms. The quantitative estimate of drug-likeness (QED) is 0.558. The van der Waals surface area contributed by atoms with E-state index in [1.54, 1.807) is 18.2 Å². The van der Waals surface area contributed by atoms with Gasteiger partial charge in [0, 0.05) is 26.2 Å². The minimum absolute atomic E-state index is 0.178. The second kappa shape index (κ2) is 8.28. The van der Waals surface area contributed by atoms with Crippen LogP contribution in [0.15, 0.2) is 34.7 Å². The lowest BCUT2D eigenvalue weighted by atomic mass is 10.2. The Hall–Kier alpha value is -3.18. The number of rotatable bonds is 6. The fraction of sp³-hybridized carbons (Fsp3) is 0.421. The van der Waals surface area contributed by atoms with Crippen LogP contribution in [-0.4, -0.2) is 66.5 Å². The highest BCUT2D eigenvalue weighted by molar-refractivity contribution is 5.90. The molecule has 0 unspecified atom stereocenters. The summed E-state index contributed by atoms with van der Waals surface area (Å²) in [6.07, 6.45) is -1.21. The van der Waals surface area contributed by atoms with Gasteiger partial charge in [-0.05, 0) is 24.3 Å². The fourth-order valence-electron chi connectivity index (χ4n) is 3.66. The molecule has 0 saturated carbocycles. The topological polar surface area (TPSA) is 113 Å². The predicted molar refractivity (Wildman–Crippen MR) is 104 cm³/mol. The van der Waals surface area contributed by atoms with Gasteiger partial charge in [0.05, 0.1) is 37.1 Å². The molecule has 1 amide bonds. The fourth-order valence-corrected chi connectivity index (χ4v) is 3.66. The summed E-state index contributed by atoms with van der Waals surface area (Å²) in [4.78, 5) is 27.3. The average molecular weight is 420 g/mol. The van der Waals surface area contributed by atoms with Crippen LogP contribution >= 0.6 is 0 Å². The summed E-state index contributed by atoms with van der Waals surface area (Å²) in [6, 6.07) is 7.52. The molecule has 2 saturated heterocycles. The molecule has 0 aliphatic carbocycles. The molecular weight excluding hydrogens is 399 g/mol. The summed E-state index contributed by atoms with van der Waals surface area (Å²) < 4.78 is 24.9. The van der Waals surface area contributed by atoms with Crippen LogP contribution in [0, 0.1) is 15.9 Å². The van der Waals surface area contributed by atoms with Crippen molar-refractivity contribution < 1.29 is 28.4 Å². The molecule has 2 aliphatic heterocycles. The number of halogens is 1. The summed E-state index contributed by atoms with van der Waals surface area (Å²) in [5, 5.41) is 19.8. The first kappa shape index (κ1) is 20.1. The minimum Gasteiger partial charge on any atom is -0.441 e. The SMILES string of the molecule is O=C1O[C@@H](CO)CN1c1ccc(N2CCN(Cc3ccc([N+](=O)[O-])o3)CC2)c(F)c1. The number of amides is 1. The van der Waals surface area contributed by atoms with E-state index >= 15 is 0 Å². The van der Waals surface area contributed by atoms with Crippen LogP contribution in [0.2, 0.25) is 0 Å². The molecule has 1 N–H and O–H groups in total. The van der Waals surface area contributed by atoms with Crippen LogP contribution in [0.25, 0.3) is 0 Å². The summed E-state index contributed by atoms with van der Waals surface area (Å²) >= 11 is 0. The van der Waals surface area contributed by atoms with Crippen molar-refractivity contribution in [3.8, 4) is 0 Å². The Labute approximate surface area is 171 Å². The third-order valence-electron chi connectivity index (χ3n) is 5.24. The van der Waals surface area contributed by atoms with Gasteiger partial charge in [0.15, 0.2) is 0 Å². The molecule has 160 valence electrons. The zero-order valence-electron chi connectivity index (χ0n) is 16.1. The van der Waals surface area contributed by atoms with Gasteiger partial charge >= 0.3 is 12.0 Å². The molecule has 1 aromatic carbocycles. The third-order valence-corrected chi connectivity index (χ3v) is 5.24. The predicted octanol–water partition coefficient (Wildman–Crippen LogP) is 1.97. The van der Waals surface area contributed by atoms with Crippen LogP contribution in [0.4, 0.5) is 26.4 Å². The summed E-state index contributed by atoms with van der Waals surface area (Å²) in [7, 11) is 0. The second-order valence-electron chi connectivity index (χ2n) is 7.19. The molecule has 11 heteroatoms. The molecule has 0 spiro atoms. The van der Waals surface area contributed by atoms with Gasteiger partial charge < -0.3 is 19.2 Å². The van der Waals surface area contributed by atoms with Crippen molar-refractivity contribution in [3.63, 3.8) is 0 Å². The number of cyclic esters (lactones) is 1. The van der Waals surface area contributed by atoms with Gasteiger partial charge in [-0.3, -0.25) is 19.9 Å². The zero-order valence-corrected chi connectivity index (χ0v) is 16.1. The lowest BCUT2D eigenvalue weighted by molar-refractivity contribution is -0.402. The minimum atomic E-state index is -0.607. The Balaban J connectivity index is 1.36. The van der Waals surface area contributed by atoms with Crippen LogP contribution in [0.5, 0.6) is 0 Å². The number of carbonyl (C=O) groups is 1. The molecule has 4 rings (SSSR count). The molecule has 30 heavy (non-hydrogen) atoms. The molecule has 2 aromatic rings. The van der Waals surface area contributed by atoms with Crippen LogP contribution in [-0.2, 0) is 11.3 Å².